The van der Waals surface area contributed by atoms with Gasteiger partial charge >= 0.3 is 0 Å². The van der Waals surface area contributed by atoms with E-state index in [4.69, 9.17) is 0 Å². The van der Waals surface area contributed by atoms with Crippen molar-refractivity contribution < 1.29 is 9.59 Å². The van der Waals surface area contributed by atoms with E-state index >= 15 is 0 Å². The summed E-state index contributed by atoms with van der Waals surface area (Å²) in [6, 6.07) is 0. The number of likely N-dealkylation sites (N-methyl/N-ethyl adjacent to an activating group) is 2. The van der Waals surface area contributed by atoms with Crippen LogP contribution < -0.4 is 0 Å². The van der Waals surface area contributed by atoms with E-state index in [0.29, 0.717) is 6.42 Å². The molecule has 0 radical (unpaired) electrons. The molecule has 0 N–H and O–H groups in total. The van der Waals surface area contributed by atoms with E-state index in [2.05, 4.69) is 0 Å². The van der Waals surface area contributed by atoms with Crippen molar-refractivity contribution in [3.05, 3.63) is 0 Å². The minimum absolute atomic E-state index is 0.0436. The lowest BCUT2D eigenvalue weighted by Gasteiger charge is -2.19. The van der Waals surface area contributed by atoms with Gasteiger partial charge < -0.3 is 9.80 Å². The number of hydrogen-bond acceptors (Lipinski definition) is 2. The zero-order chi connectivity index (χ0) is 11.1. The van der Waals surface area contributed by atoms with Crippen molar-refractivity contribution in [2.75, 3.05) is 27.7 Å². The van der Waals surface area contributed by atoms with Gasteiger partial charge in [0.25, 0.3) is 0 Å². The van der Waals surface area contributed by atoms with Crippen molar-refractivity contribution >= 4 is 11.8 Å². The quantitative estimate of drug-likeness (QED) is 0.656. The average molecular weight is 200 g/mol. The molecule has 0 aromatic carbocycles. The van der Waals surface area contributed by atoms with Crippen LogP contribution in [0.15, 0.2) is 0 Å². The van der Waals surface area contributed by atoms with Gasteiger partial charge in [0.15, 0.2) is 0 Å². The molecular weight excluding hydrogens is 180 g/mol. The lowest BCUT2D eigenvalue weighted by molar-refractivity contribution is -0.138. The van der Waals surface area contributed by atoms with Crippen LogP contribution in [0.2, 0.25) is 0 Å². The first-order valence-corrected chi connectivity index (χ1v) is 4.93. The van der Waals surface area contributed by atoms with Gasteiger partial charge in [0.1, 0.15) is 0 Å². The van der Waals surface area contributed by atoms with Crippen molar-refractivity contribution in [3.8, 4) is 0 Å². The van der Waals surface area contributed by atoms with Crippen LogP contribution in [0.3, 0.4) is 0 Å². The Labute approximate surface area is 85.9 Å². The molecule has 82 valence electrons. The molecule has 2 amide bonds. The number of unbranched alkanes of at least 4 members (excludes halogenated alkanes) is 1. The first-order valence-electron chi connectivity index (χ1n) is 4.93. The van der Waals surface area contributed by atoms with Crippen molar-refractivity contribution in [1.82, 2.24) is 9.80 Å². The lowest BCUT2D eigenvalue weighted by atomic mass is 10.2. The molecule has 0 aliphatic heterocycles. The molecule has 0 saturated carbocycles. The van der Waals surface area contributed by atoms with Crippen LogP contribution in [0.4, 0.5) is 0 Å². The summed E-state index contributed by atoms with van der Waals surface area (Å²) < 4.78 is 0. The van der Waals surface area contributed by atoms with E-state index in [1.807, 2.05) is 6.92 Å². The molecule has 0 rings (SSSR count). The molecule has 4 nitrogen and oxygen atoms in total. The standard InChI is InChI=1S/C10H20N2O2/c1-5-6-7-9(13)12(4)8-10(14)11(2)3/h5-8H2,1-4H3. The minimum atomic E-state index is -0.0441. The lowest BCUT2D eigenvalue weighted by Crippen LogP contribution is -2.37. The molecule has 0 bridgehead atoms. The number of hydrogen-bond donors (Lipinski definition) is 0. The molecular formula is C10H20N2O2. The van der Waals surface area contributed by atoms with Crippen LogP contribution in [0.1, 0.15) is 26.2 Å². The van der Waals surface area contributed by atoms with Crippen LogP contribution in [-0.4, -0.2) is 49.3 Å². The predicted octanol–water partition coefficient (Wildman–Crippen LogP) is 0.723. The molecule has 14 heavy (non-hydrogen) atoms. The fourth-order valence-electron chi connectivity index (χ4n) is 0.951. The number of nitrogens with zero attached hydrogens (tertiary/aromatic N) is 2. The third kappa shape index (κ3) is 4.84. The highest BCUT2D eigenvalue weighted by molar-refractivity contribution is 5.84. The monoisotopic (exact) mass is 200 g/mol. The fraction of sp³-hybridized carbons (Fsp3) is 0.800. The summed E-state index contributed by atoms with van der Waals surface area (Å²) in [5.74, 6) is -0.000557. The summed E-state index contributed by atoms with van der Waals surface area (Å²) in [7, 11) is 5.04. The van der Waals surface area contributed by atoms with Gasteiger partial charge in [-0.1, -0.05) is 13.3 Å². The fourth-order valence-corrected chi connectivity index (χ4v) is 0.951. The molecule has 0 heterocycles. The van der Waals surface area contributed by atoms with Crippen LogP contribution in [0.25, 0.3) is 0 Å². The molecule has 0 atom stereocenters. The Bertz CT molecular complexity index is 202. The second-order valence-electron chi connectivity index (χ2n) is 3.64. The summed E-state index contributed by atoms with van der Waals surface area (Å²) in [6.45, 7) is 2.22. The summed E-state index contributed by atoms with van der Waals surface area (Å²) in [6.07, 6.45) is 2.42. The first kappa shape index (κ1) is 12.9. The third-order valence-electron chi connectivity index (χ3n) is 2.04. The van der Waals surface area contributed by atoms with Gasteiger partial charge in [0.2, 0.25) is 11.8 Å². The van der Waals surface area contributed by atoms with Gasteiger partial charge in [0.05, 0.1) is 6.54 Å². The Kier molecular flexibility index (Phi) is 5.92. The molecule has 0 unspecified atom stereocenters. The van der Waals surface area contributed by atoms with Gasteiger partial charge in [-0.25, -0.2) is 0 Å². The Balaban J connectivity index is 3.89. The highest BCUT2D eigenvalue weighted by Gasteiger charge is 2.12. The second-order valence-corrected chi connectivity index (χ2v) is 3.64. The smallest absolute Gasteiger partial charge is 0.241 e. The Morgan fingerprint density at radius 2 is 1.64 bits per heavy atom. The maximum absolute atomic E-state index is 11.4. The van der Waals surface area contributed by atoms with Crippen LogP contribution in [-0.2, 0) is 9.59 Å². The molecule has 4 heteroatoms. The molecule has 0 aliphatic carbocycles. The molecule has 0 aromatic rings. The van der Waals surface area contributed by atoms with Crippen LogP contribution in [0, 0.1) is 0 Å². The van der Waals surface area contributed by atoms with Crippen molar-refractivity contribution in [3.63, 3.8) is 0 Å². The topological polar surface area (TPSA) is 40.6 Å². The predicted molar refractivity (Wildman–Crippen MR) is 55.9 cm³/mol. The third-order valence-corrected chi connectivity index (χ3v) is 2.04. The van der Waals surface area contributed by atoms with Crippen molar-refractivity contribution in [1.29, 1.82) is 0 Å². The summed E-state index contributed by atoms with van der Waals surface area (Å²) in [5.41, 5.74) is 0. The maximum atomic E-state index is 11.4. The van der Waals surface area contributed by atoms with Gasteiger partial charge in [-0.2, -0.15) is 0 Å². The number of amides is 2. The largest absolute Gasteiger partial charge is 0.347 e. The highest BCUT2D eigenvalue weighted by Crippen LogP contribution is 1.98. The number of rotatable bonds is 5. The zero-order valence-corrected chi connectivity index (χ0v) is 9.54. The molecule has 0 fully saturated rings. The van der Waals surface area contributed by atoms with Gasteiger partial charge in [-0.05, 0) is 6.42 Å². The van der Waals surface area contributed by atoms with Gasteiger partial charge in [-0.3, -0.25) is 9.59 Å². The highest BCUT2D eigenvalue weighted by atomic mass is 16.2. The SMILES string of the molecule is CCCCC(=O)N(C)CC(=O)N(C)C. The number of carbonyl (C=O) groups is 2. The van der Waals surface area contributed by atoms with E-state index in [-0.39, 0.29) is 18.4 Å². The Morgan fingerprint density at radius 3 is 2.07 bits per heavy atom. The Hall–Kier alpha value is -1.06. The maximum Gasteiger partial charge on any atom is 0.241 e. The summed E-state index contributed by atoms with van der Waals surface area (Å²) in [5, 5.41) is 0. The average Bonchev–Trinajstić information content (AvgIpc) is 2.13. The van der Waals surface area contributed by atoms with Gasteiger partial charge in [0, 0.05) is 27.6 Å². The zero-order valence-electron chi connectivity index (χ0n) is 9.54. The van der Waals surface area contributed by atoms with E-state index in [1.165, 1.54) is 9.80 Å². The van der Waals surface area contributed by atoms with Crippen LogP contribution in [0.5, 0.6) is 0 Å². The van der Waals surface area contributed by atoms with Gasteiger partial charge in [-0.15, -0.1) is 0 Å². The minimum Gasteiger partial charge on any atom is -0.347 e. The second kappa shape index (κ2) is 6.40. The van der Waals surface area contributed by atoms with Crippen molar-refractivity contribution in [2.24, 2.45) is 0 Å². The number of carbonyl (C=O) groups excluding carboxylic acids is 2. The van der Waals surface area contributed by atoms with E-state index < -0.39 is 0 Å². The first-order chi connectivity index (χ1) is 6.49. The van der Waals surface area contributed by atoms with E-state index in [9.17, 15) is 9.59 Å². The molecule has 0 spiro atoms. The van der Waals surface area contributed by atoms with E-state index in [0.717, 1.165) is 12.8 Å². The van der Waals surface area contributed by atoms with Crippen molar-refractivity contribution in [2.45, 2.75) is 26.2 Å². The summed E-state index contributed by atoms with van der Waals surface area (Å²) in [4.78, 5) is 25.7. The molecule has 0 aliphatic rings. The van der Waals surface area contributed by atoms with Crippen LogP contribution >= 0.6 is 0 Å². The van der Waals surface area contributed by atoms with E-state index in [1.54, 1.807) is 21.1 Å². The molecule has 0 aromatic heterocycles. The summed E-state index contributed by atoms with van der Waals surface area (Å²) >= 11 is 0. The Morgan fingerprint density at radius 1 is 1.07 bits per heavy atom. The molecule has 0 saturated heterocycles. The normalized spacial score (nSPS) is 9.71.